The minimum atomic E-state index is 0. The van der Waals surface area contributed by atoms with Crippen LogP contribution in [0.15, 0.2) is 34.6 Å². The molecule has 5 heteroatoms. The van der Waals surface area contributed by atoms with Crippen molar-refractivity contribution in [3.8, 4) is 0 Å². The van der Waals surface area contributed by atoms with Gasteiger partial charge in [-0.05, 0) is 59.9 Å². The lowest BCUT2D eigenvalue weighted by atomic mass is 10.1. The Morgan fingerprint density at radius 2 is 1.91 bits per heavy atom. The molecule has 0 atom stereocenters. The molecule has 2 N–H and O–H groups in total. The van der Waals surface area contributed by atoms with Crippen LogP contribution in [0, 0.1) is 6.92 Å². The van der Waals surface area contributed by atoms with Crippen molar-refractivity contribution in [2.24, 2.45) is 4.99 Å². The molecule has 0 saturated heterocycles. The zero-order chi connectivity index (χ0) is 15.4. The van der Waals surface area contributed by atoms with Crippen LogP contribution in [0.4, 0.5) is 0 Å². The van der Waals surface area contributed by atoms with Gasteiger partial charge in [-0.2, -0.15) is 0 Å². The Morgan fingerprint density at radius 1 is 1.13 bits per heavy atom. The van der Waals surface area contributed by atoms with Crippen LogP contribution < -0.4 is 10.6 Å². The fraction of sp³-hybridized carbons (Fsp3) is 0.389. The van der Waals surface area contributed by atoms with Crippen molar-refractivity contribution in [1.29, 1.82) is 0 Å². The predicted molar refractivity (Wildman–Crippen MR) is 110 cm³/mol. The van der Waals surface area contributed by atoms with E-state index in [1.807, 2.05) is 7.05 Å². The first-order valence-corrected chi connectivity index (χ1v) is 8.72. The Kier molecular flexibility index (Phi) is 6.89. The van der Waals surface area contributed by atoms with E-state index in [-0.39, 0.29) is 24.0 Å². The van der Waals surface area contributed by atoms with Crippen molar-refractivity contribution in [3.05, 3.63) is 56.8 Å². The number of aliphatic imine (C=N–C) groups is 1. The van der Waals surface area contributed by atoms with Gasteiger partial charge in [0.25, 0.3) is 0 Å². The van der Waals surface area contributed by atoms with E-state index >= 15 is 0 Å². The van der Waals surface area contributed by atoms with Crippen molar-refractivity contribution >= 4 is 41.3 Å². The number of nitrogens with zero attached hydrogens (tertiary/aromatic N) is 1. The third-order valence-electron chi connectivity index (χ3n) is 4.23. The summed E-state index contributed by atoms with van der Waals surface area (Å²) in [6.07, 6.45) is 3.77. The van der Waals surface area contributed by atoms with E-state index in [0.717, 1.165) is 19.0 Å². The highest BCUT2D eigenvalue weighted by Crippen LogP contribution is 2.22. The second-order valence-electron chi connectivity index (χ2n) is 5.76. The van der Waals surface area contributed by atoms with Gasteiger partial charge in [0.15, 0.2) is 5.96 Å². The average molecular weight is 441 g/mol. The highest BCUT2D eigenvalue weighted by molar-refractivity contribution is 14.0. The van der Waals surface area contributed by atoms with E-state index in [2.05, 4.69) is 52.2 Å². The quantitative estimate of drug-likeness (QED) is 0.427. The second-order valence-corrected chi connectivity index (χ2v) is 6.76. The number of hydrogen-bond donors (Lipinski definition) is 2. The number of aryl methyl sites for hydroxylation is 3. The van der Waals surface area contributed by atoms with Crippen LogP contribution in [-0.2, 0) is 25.9 Å². The Balaban J connectivity index is 0.00000192. The van der Waals surface area contributed by atoms with Crippen molar-refractivity contribution in [3.63, 3.8) is 0 Å². The molecule has 3 rings (SSSR count). The summed E-state index contributed by atoms with van der Waals surface area (Å²) < 4.78 is 0. The standard InChI is InChI=1S/C18H23N3S.HI/c1-13-8-9-22-17(13)12-21-18(19-2)20-11-14-6-7-15-4-3-5-16(15)10-14;/h6-10H,3-5,11-12H2,1-2H3,(H2,19,20,21);1H. The lowest BCUT2D eigenvalue weighted by molar-refractivity contribution is 0.812. The molecule has 2 aromatic rings. The zero-order valence-corrected chi connectivity index (χ0v) is 16.8. The summed E-state index contributed by atoms with van der Waals surface area (Å²) in [7, 11) is 1.82. The summed E-state index contributed by atoms with van der Waals surface area (Å²) in [5, 5.41) is 8.92. The largest absolute Gasteiger partial charge is 0.352 e. The monoisotopic (exact) mass is 441 g/mol. The highest BCUT2D eigenvalue weighted by atomic mass is 127. The molecule has 1 aromatic carbocycles. The molecular formula is C18H24IN3S. The fourth-order valence-corrected chi connectivity index (χ4v) is 3.74. The smallest absolute Gasteiger partial charge is 0.191 e. The molecular weight excluding hydrogens is 417 g/mol. The van der Waals surface area contributed by atoms with Gasteiger partial charge >= 0.3 is 0 Å². The summed E-state index contributed by atoms with van der Waals surface area (Å²) in [5.74, 6) is 0.855. The molecule has 0 spiro atoms. The minimum Gasteiger partial charge on any atom is -0.352 e. The SMILES string of the molecule is CN=C(NCc1ccc2c(c1)CCC2)NCc1sccc1C.I. The number of benzene rings is 1. The Morgan fingerprint density at radius 3 is 2.65 bits per heavy atom. The first-order valence-electron chi connectivity index (χ1n) is 7.84. The maximum Gasteiger partial charge on any atom is 0.191 e. The zero-order valence-electron chi connectivity index (χ0n) is 13.7. The number of nitrogens with one attached hydrogen (secondary N) is 2. The molecule has 1 aliphatic rings. The molecule has 0 fully saturated rings. The first kappa shape index (κ1) is 18.3. The molecule has 1 aliphatic carbocycles. The van der Waals surface area contributed by atoms with E-state index in [1.54, 1.807) is 11.3 Å². The normalized spacial score (nSPS) is 13.4. The van der Waals surface area contributed by atoms with E-state index in [4.69, 9.17) is 0 Å². The van der Waals surface area contributed by atoms with Crippen LogP contribution in [0.25, 0.3) is 0 Å². The molecule has 0 radical (unpaired) electrons. The van der Waals surface area contributed by atoms with Gasteiger partial charge in [-0.1, -0.05) is 18.2 Å². The second kappa shape index (κ2) is 8.68. The number of rotatable bonds is 4. The van der Waals surface area contributed by atoms with E-state index < -0.39 is 0 Å². The van der Waals surface area contributed by atoms with Crippen LogP contribution in [-0.4, -0.2) is 13.0 Å². The summed E-state index contributed by atoms with van der Waals surface area (Å²) in [6, 6.07) is 9.01. The van der Waals surface area contributed by atoms with Gasteiger partial charge in [0, 0.05) is 18.5 Å². The summed E-state index contributed by atoms with van der Waals surface area (Å²) >= 11 is 1.78. The van der Waals surface area contributed by atoms with Gasteiger partial charge in [-0.25, -0.2) is 0 Å². The Labute approximate surface area is 159 Å². The van der Waals surface area contributed by atoms with Crippen LogP contribution in [0.2, 0.25) is 0 Å². The number of halogens is 1. The maximum atomic E-state index is 4.30. The number of thiophene rings is 1. The van der Waals surface area contributed by atoms with Crippen LogP contribution in [0.3, 0.4) is 0 Å². The first-order chi connectivity index (χ1) is 10.8. The lowest BCUT2D eigenvalue weighted by Gasteiger charge is -2.12. The van der Waals surface area contributed by atoms with Crippen LogP contribution >= 0.6 is 35.3 Å². The minimum absolute atomic E-state index is 0. The van der Waals surface area contributed by atoms with Gasteiger partial charge in [0.1, 0.15) is 0 Å². The van der Waals surface area contributed by atoms with Crippen molar-refractivity contribution in [2.75, 3.05) is 7.05 Å². The third kappa shape index (κ3) is 4.70. The number of fused-ring (bicyclic) bond motifs is 1. The highest BCUT2D eigenvalue weighted by Gasteiger charge is 2.10. The Hall–Kier alpha value is -1.08. The van der Waals surface area contributed by atoms with Crippen molar-refractivity contribution < 1.29 is 0 Å². The van der Waals surface area contributed by atoms with Gasteiger partial charge < -0.3 is 10.6 Å². The molecule has 124 valence electrons. The summed E-state index contributed by atoms with van der Waals surface area (Å²) in [6.45, 7) is 3.79. The van der Waals surface area contributed by atoms with Crippen LogP contribution in [0.1, 0.15) is 33.6 Å². The van der Waals surface area contributed by atoms with E-state index in [0.29, 0.717) is 0 Å². The van der Waals surface area contributed by atoms with E-state index in [9.17, 15) is 0 Å². The van der Waals surface area contributed by atoms with Crippen LogP contribution in [0.5, 0.6) is 0 Å². The maximum absolute atomic E-state index is 4.30. The number of guanidine groups is 1. The molecule has 0 saturated carbocycles. The third-order valence-corrected chi connectivity index (χ3v) is 5.25. The summed E-state index contributed by atoms with van der Waals surface area (Å²) in [5.41, 5.74) is 5.72. The molecule has 0 unspecified atom stereocenters. The van der Waals surface area contributed by atoms with Gasteiger partial charge in [0.2, 0.25) is 0 Å². The predicted octanol–water partition coefficient (Wildman–Crippen LogP) is 4.03. The molecule has 0 bridgehead atoms. The molecule has 1 aromatic heterocycles. The van der Waals surface area contributed by atoms with Crippen molar-refractivity contribution in [2.45, 2.75) is 39.3 Å². The fourth-order valence-electron chi connectivity index (χ4n) is 2.89. The van der Waals surface area contributed by atoms with Gasteiger partial charge in [-0.3, -0.25) is 4.99 Å². The lowest BCUT2D eigenvalue weighted by Crippen LogP contribution is -2.36. The van der Waals surface area contributed by atoms with Gasteiger partial charge in [0.05, 0.1) is 6.54 Å². The molecule has 1 heterocycles. The molecule has 0 amide bonds. The number of hydrogen-bond acceptors (Lipinski definition) is 2. The molecule has 23 heavy (non-hydrogen) atoms. The molecule has 0 aliphatic heterocycles. The molecule has 3 nitrogen and oxygen atoms in total. The topological polar surface area (TPSA) is 36.4 Å². The Bertz CT molecular complexity index is 679. The average Bonchev–Trinajstić information content (AvgIpc) is 3.15. The summed E-state index contributed by atoms with van der Waals surface area (Å²) in [4.78, 5) is 5.67. The van der Waals surface area contributed by atoms with E-state index in [1.165, 1.54) is 46.4 Å². The van der Waals surface area contributed by atoms with Gasteiger partial charge in [-0.15, -0.1) is 35.3 Å². The van der Waals surface area contributed by atoms with Crippen molar-refractivity contribution in [1.82, 2.24) is 10.6 Å².